The summed E-state index contributed by atoms with van der Waals surface area (Å²) < 4.78 is 1.06. The molecule has 1 atom stereocenters. The van der Waals surface area contributed by atoms with Crippen LogP contribution in [0.4, 0.5) is 5.13 Å². The number of hydrogen-bond donors (Lipinski definition) is 2. The molecular weight excluding hydrogens is 314 g/mol. The molecule has 0 aliphatic heterocycles. The Balaban J connectivity index is 1.69. The van der Waals surface area contributed by atoms with Gasteiger partial charge in [0.15, 0.2) is 5.13 Å². The number of hydrogen-bond acceptors (Lipinski definition) is 5. The summed E-state index contributed by atoms with van der Waals surface area (Å²) in [6.45, 7) is 3.77. The van der Waals surface area contributed by atoms with Crippen LogP contribution in [0.1, 0.15) is 20.3 Å². The molecule has 1 aromatic heterocycles. The molecular formula is C16H19N3O3S. The van der Waals surface area contributed by atoms with Crippen LogP contribution in [-0.2, 0) is 9.59 Å². The number of para-hydroxylation sites is 1. The van der Waals surface area contributed by atoms with E-state index in [-0.39, 0.29) is 12.5 Å². The number of likely N-dealkylation sites (N-methyl/N-ethyl adjacent to an activating group) is 1. The van der Waals surface area contributed by atoms with Gasteiger partial charge in [-0.3, -0.25) is 4.79 Å². The first kappa shape index (κ1) is 15.7. The maximum Gasteiger partial charge on any atom is 0.330 e. The number of rotatable bonds is 5. The molecule has 1 aromatic carbocycles. The third-order valence-electron chi connectivity index (χ3n) is 4.45. The molecule has 0 bridgehead atoms. The minimum Gasteiger partial charge on any atom is -0.479 e. The van der Waals surface area contributed by atoms with Gasteiger partial charge in [-0.25, -0.2) is 9.78 Å². The van der Waals surface area contributed by atoms with Gasteiger partial charge in [-0.2, -0.15) is 0 Å². The molecule has 7 heteroatoms. The predicted octanol–water partition coefficient (Wildman–Crippen LogP) is 2.10. The SMILES string of the molecule is CN(CC(=O)NC1(C(=O)O)CC1(C)C)c1nc2ccccc2s1. The summed E-state index contributed by atoms with van der Waals surface area (Å²) in [6.07, 6.45) is 0.450. The van der Waals surface area contributed by atoms with Gasteiger partial charge in [0, 0.05) is 12.5 Å². The molecule has 1 unspecified atom stereocenters. The maximum atomic E-state index is 12.3. The number of anilines is 1. The van der Waals surface area contributed by atoms with E-state index >= 15 is 0 Å². The van der Waals surface area contributed by atoms with Crippen LogP contribution in [0, 0.1) is 5.41 Å². The van der Waals surface area contributed by atoms with Crippen LogP contribution >= 0.6 is 11.3 Å². The highest BCUT2D eigenvalue weighted by atomic mass is 32.1. The maximum absolute atomic E-state index is 12.3. The van der Waals surface area contributed by atoms with Crippen molar-refractivity contribution in [2.24, 2.45) is 5.41 Å². The first-order chi connectivity index (χ1) is 10.7. The summed E-state index contributed by atoms with van der Waals surface area (Å²) >= 11 is 1.51. The van der Waals surface area contributed by atoms with E-state index in [1.54, 1.807) is 11.9 Å². The zero-order valence-electron chi connectivity index (χ0n) is 13.3. The minimum atomic E-state index is -1.14. The smallest absolute Gasteiger partial charge is 0.330 e. The van der Waals surface area contributed by atoms with Crippen molar-refractivity contribution in [3.63, 3.8) is 0 Å². The van der Waals surface area contributed by atoms with E-state index in [4.69, 9.17) is 0 Å². The number of carboxylic acids is 1. The largest absolute Gasteiger partial charge is 0.479 e. The van der Waals surface area contributed by atoms with Crippen LogP contribution in [0.2, 0.25) is 0 Å². The second-order valence-corrected chi connectivity index (χ2v) is 7.65. The number of nitrogens with one attached hydrogen (secondary N) is 1. The van der Waals surface area contributed by atoms with E-state index < -0.39 is 16.9 Å². The highest BCUT2D eigenvalue weighted by molar-refractivity contribution is 7.22. The fourth-order valence-corrected chi connectivity index (χ4v) is 3.76. The van der Waals surface area contributed by atoms with E-state index in [9.17, 15) is 14.7 Å². The van der Waals surface area contributed by atoms with Crippen molar-refractivity contribution in [3.8, 4) is 0 Å². The van der Waals surface area contributed by atoms with Crippen molar-refractivity contribution in [3.05, 3.63) is 24.3 Å². The number of carbonyl (C=O) groups excluding carboxylic acids is 1. The molecule has 0 saturated heterocycles. The van der Waals surface area contributed by atoms with Gasteiger partial charge in [-0.15, -0.1) is 0 Å². The zero-order valence-corrected chi connectivity index (χ0v) is 14.1. The molecule has 1 aliphatic carbocycles. The summed E-state index contributed by atoms with van der Waals surface area (Å²) in [4.78, 5) is 30.0. The van der Waals surface area contributed by atoms with Crippen LogP contribution in [0.25, 0.3) is 10.2 Å². The Morgan fingerprint density at radius 2 is 2.04 bits per heavy atom. The Labute approximate surface area is 138 Å². The second kappa shape index (κ2) is 5.19. The lowest BCUT2D eigenvalue weighted by molar-refractivity contribution is -0.144. The number of benzene rings is 1. The zero-order chi connectivity index (χ0) is 16.8. The lowest BCUT2D eigenvalue weighted by atomic mass is 10.0. The second-order valence-electron chi connectivity index (χ2n) is 6.64. The van der Waals surface area contributed by atoms with E-state index in [0.29, 0.717) is 6.42 Å². The fraction of sp³-hybridized carbons (Fsp3) is 0.438. The fourth-order valence-electron chi connectivity index (χ4n) is 2.83. The Hall–Kier alpha value is -2.15. The molecule has 3 rings (SSSR count). The van der Waals surface area contributed by atoms with Crippen LogP contribution in [0.15, 0.2) is 24.3 Å². The number of thiazole rings is 1. The van der Waals surface area contributed by atoms with Crippen molar-refractivity contribution in [2.45, 2.75) is 25.8 Å². The normalized spacial score (nSPS) is 21.9. The molecule has 122 valence electrons. The number of aliphatic carboxylic acids is 1. The summed E-state index contributed by atoms with van der Waals surface area (Å²) in [5.41, 5.74) is -0.661. The van der Waals surface area contributed by atoms with Gasteiger partial charge >= 0.3 is 5.97 Å². The van der Waals surface area contributed by atoms with Gasteiger partial charge in [0.05, 0.1) is 16.8 Å². The highest BCUT2D eigenvalue weighted by Gasteiger charge is 2.68. The summed E-state index contributed by atoms with van der Waals surface area (Å²) in [5, 5.41) is 12.8. The van der Waals surface area contributed by atoms with Crippen molar-refractivity contribution in [1.82, 2.24) is 10.3 Å². The van der Waals surface area contributed by atoms with Gasteiger partial charge < -0.3 is 15.3 Å². The Bertz CT molecular complexity index is 753. The number of nitrogens with zero attached hydrogens (tertiary/aromatic N) is 2. The van der Waals surface area contributed by atoms with E-state index in [1.165, 1.54) is 11.3 Å². The van der Waals surface area contributed by atoms with Crippen LogP contribution < -0.4 is 10.2 Å². The molecule has 2 aromatic rings. The number of aromatic nitrogens is 1. The number of carboxylic acid groups (broad SMARTS) is 1. The highest BCUT2D eigenvalue weighted by Crippen LogP contribution is 2.55. The molecule has 1 heterocycles. The predicted molar refractivity (Wildman–Crippen MR) is 89.8 cm³/mol. The van der Waals surface area contributed by atoms with Crippen molar-refractivity contribution >= 4 is 38.6 Å². The molecule has 1 aliphatic rings. The molecule has 1 amide bonds. The Morgan fingerprint density at radius 1 is 1.39 bits per heavy atom. The summed E-state index contributed by atoms with van der Waals surface area (Å²) in [5.74, 6) is -1.28. The average molecular weight is 333 g/mol. The van der Waals surface area contributed by atoms with Gasteiger partial charge in [-0.1, -0.05) is 37.3 Å². The van der Waals surface area contributed by atoms with Gasteiger partial charge in [-0.05, 0) is 18.6 Å². The Morgan fingerprint density at radius 3 is 2.61 bits per heavy atom. The number of carbonyl (C=O) groups is 2. The lowest BCUT2D eigenvalue weighted by Gasteiger charge is -2.20. The lowest BCUT2D eigenvalue weighted by Crippen LogP contribution is -2.49. The summed E-state index contributed by atoms with van der Waals surface area (Å²) in [6, 6.07) is 7.78. The van der Waals surface area contributed by atoms with Gasteiger partial charge in [0.25, 0.3) is 0 Å². The monoisotopic (exact) mass is 333 g/mol. The standard InChI is InChI=1S/C16H19N3O3S/c1-15(2)9-16(15,13(21)22)18-12(20)8-19(3)14-17-10-6-4-5-7-11(10)23-14/h4-7H,8-9H2,1-3H3,(H,18,20)(H,21,22). The van der Waals surface area contributed by atoms with Crippen molar-refractivity contribution < 1.29 is 14.7 Å². The number of fused-ring (bicyclic) bond motifs is 1. The van der Waals surface area contributed by atoms with Crippen LogP contribution in [-0.4, -0.2) is 41.1 Å². The first-order valence-electron chi connectivity index (χ1n) is 7.36. The van der Waals surface area contributed by atoms with E-state index in [2.05, 4.69) is 10.3 Å². The topological polar surface area (TPSA) is 82.5 Å². The van der Waals surface area contributed by atoms with Crippen molar-refractivity contribution in [1.29, 1.82) is 0 Å². The molecule has 1 saturated carbocycles. The van der Waals surface area contributed by atoms with Gasteiger partial charge in [0.1, 0.15) is 5.54 Å². The molecule has 23 heavy (non-hydrogen) atoms. The van der Waals surface area contributed by atoms with E-state index in [1.807, 2.05) is 38.1 Å². The molecule has 1 fully saturated rings. The first-order valence-corrected chi connectivity index (χ1v) is 8.18. The Kier molecular flexibility index (Phi) is 3.55. The third-order valence-corrected chi connectivity index (χ3v) is 5.60. The number of amides is 1. The van der Waals surface area contributed by atoms with Crippen LogP contribution in [0.5, 0.6) is 0 Å². The average Bonchev–Trinajstić information content (AvgIpc) is 2.84. The molecule has 6 nitrogen and oxygen atoms in total. The molecule has 0 radical (unpaired) electrons. The molecule has 2 N–H and O–H groups in total. The van der Waals surface area contributed by atoms with Gasteiger partial charge in [0.2, 0.25) is 5.91 Å². The van der Waals surface area contributed by atoms with Crippen molar-refractivity contribution in [2.75, 3.05) is 18.5 Å². The summed E-state index contributed by atoms with van der Waals surface area (Å²) in [7, 11) is 1.78. The van der Waals surface area contributed by atoms with E-state index in [0.717, 1.165) is 15.3 Å². The molecule has 0 spiro atoms. The third kappa shape index (κ3) is 2.65. The quantitative estimate of drug-likeness (QED) is 0.875. The van der Waals surface area contributed by atoms with Crippen LogP contribution in [0.3, 0.4) is 0 Å². The minimum absolute atomic E-state index is 0.0743.